The first-order chi connectivity index (χ1) is 10.2. The smallest absolute Gasteiger partial charge is 0.130 e. The Bertz CT molecular complexity index is 561. The van der Waals surface area contributed by atoms with Gasteiger partial charge in [0.1, 0.15) is 12.4 Å². The monoisotopic (exact) mass is 288 g/mol. The average molecular weight is 288 g/mol. The molecule has 114 valence electrons. The first-order valence-electron chi connectivity index (χ1n) is 7.64. The Hall–Kier alpha value is -1.81. The highest BCUT2D eigenvalue weighted by Gasteiger charge is 2.07. The SMILES string of the molecule is CCc1cc(COc2ccc(C(O)CC)cc2)n(CC)n1. The van der Waals surface area contributed by atoms with Gasteiger partial charge in [0.05, 0.1) is 17.5 Å². The van der Waals surface area contributed by atoms with Crippen LogP contribution in [0.15, 0.2) is 30.3 Å². The van der Waals surface area contributed by atoms with E-state index in [4.69, 9.17) is 4.74 Å². The van der Waals surface area contributed by atoms with Crippen LogP contribution in [0.5, 0.6) is 5.75 Å². The second-order valence-electron chi connectivity index (χ2n) is 5.08. The van der Waals surface area contributed by atoms with E-state index in [1.54, 1.807) is 0 Å². The van der Waals surface area contributed by atoms with Gasteiger partial charge >= 0.3 is 0 Å². The van der Waals surface area contributed by atoms with Crippen molar-refractivity contribution in [2.24, 2.45) is 0 Å². The summed E-state index contributed by atoms with van der Waals surface area (Å²) in [6.45, 7) is 7.50. The molecule has 1 aromatic carbocycles. The van der Waals surface area contributed by atoms with Crippen LogP contribution in [0.3, 0.4) is 0 Å². The topological polar surface area (TPSA) is 47.3 Å². The molecule has 0 bridgehead atoms. The summed E-state index contributed by atoms with van der Waals surface area (Å²) in [6.07, 6.45) is 1.26. The Morgan fingerprint density at radius 1 is 1.19 bits per heavy atom. The maximum Gasteiger partial charge on any atom is 0.130 e. The van der Waals surface area contributed by atoms with Gasteiger partial charge in [0.2, 0.25) is 0 Å². The van der Waals surface area contributed by atoms with Crippen molar-refractivity contribution < 1.29 is 9.84 Å². The number of rotatable bonds is 7. The summed E-state index contributed by atoms with van der Waals surface area (Å²) in [5.41, 5.74) is 3.11. The molecule has 0 spiro atoms. The summed E-state index contributed by atoms with van der Waals surface area (Å²) in [6, 6.07) is 9.73. The fourth-order valence-corrected chi connectivity index (χ4v) is 2.26. The van der Waals surface area contributed by atoms with Gasteiger partial charge < -0.3 is 9.84 Å². The lowest BCUT2D eigenvalue weighted by molar-refractivity contribution is 0.173. The Labute approximate surface area is 126 Å². The summed E-state index contributed by atoms with van der Waals surface area (Å²) in [5, 5.41) is 14.3. The number of ether oxygens (including phenoxy) is 1. The molecule has 0 aliphatic heterocycles. The van der Waals surface area contributed by atoms with Crippen molar-refractivity contribution in [3.63, 3.8) is 0 Å². The fourth-order valence-electron chi connectivity index (χ4n) is 2.26. The zero-order chi connectivity index (χ0) is 15.2. The molecule has 1 aromatic heterocycles. The van der Waals surface area contributed by atoms with E-state index < -0.39 is 6.10 Å². The molecular formula is C17H24N2O2. The standard InChI is InChI=1S/C17H24N2O2/c1-4-14-11-15(19(6-3)18-14)12-21-16-9-7-13(8-10-16)17(20)5-2/h7-11,17,20H,4-6,12H2,1-3H3. The summed E-state index contributed by atoms with van der Waals surface area (Å²) >= 11 is 0. The molecule has 1 heterocycles. The highest BCUT2D eigenvalue weighted by Crippen LogP contribution is 2.20. The van der Waals surface area contributed by atoms with Crippen LogP contribution in [0, 0.1) is 0 Å². The first kappa shape index (κ1) is 15.6. The third kappa shape index (κ3) is 3.85. The van der Waals surface area contributed by atoms with Crippen LogP contribution in [0.4, 0.5) is 0 Å². The molecule has 1 atom stereocenters. The largest absolute Gasteiger partial charge is 0.487 e. The van der Waals surface area contributed by atoms with Gasteiger partial charge in [0, 0.05) is 6.54 Å². The predicted octanol–water partition coefficient (Wildman–Crippen LogP) is 3.49. The number of aliphatic hydroxyl groups is 1. The van der Waals surface area contributed by atoms with Crippen molar-refractivity contribution in [3.8, 4) is 5.75 Å². The molecule has 0 fully saturated rings. The molecule has 2 rings (SSSR count). The molecule has 1 unspecified atom stereocenters. The highest BCUT2D eigenvalue weighted by atomic mass is 16.5. The van der Waals surface area contributed by atoms with E-state index in [1.165, 1.54) is 0 Å². The molecular weight excluding hydrogens is 264 g/mol. The normalized spacial score (nSPS) is 12.4. The number of aryl methyl sites for hydroxylation is 2. The molecule has 0 aliphatic carbocycles. The van der Waals surface area contributed by atoms with E-state index in [1.807, 2.05) is 35.9 Å². The second kappa shape index (κ2) is 7.27. The van der Waals surface area contributed by atoms with E-state index >= 15 is 0 Å². The van der Waals surface area contributed by atoms with E-state index in [2.05, 4.69) is 25.0 Å². The number of aromatic nitrogens is 2. The van der Waals surface area contributed by atoms with Crippen LogP contribution in [0.25, 0.3) is 0 Å². The zero-order valence-corrected chi connectivity index (χ0v) is 13.0. The van der Waals surface area contributed by atoms with Gasteiger partial charge in [-0.05, 0) is 43.5 Å². The first-order valence-corrected chi connectivity index (χ1v) is 7.64. The number of aliphatic hydroxyl groups excluding tert-OH is 1. The van der Waals surface area contributed by atoms with Gasteiger partial charge in [-0.1, -0.05) is 26.0 Å². The maximum absolute atomic E-state index is 9.77. The number of nitrogens with zero attached hydrogens (tertiary/aromatic N) is 2. The van der Waals surface area contributed by atoms with Crippen molar-refractivity contribution in [1.82, 2.24) is 9.78 Å². The third-order valence-corrected chi connectivity index (χ3v) is 3.61. The van der Waals surface area contributed by atoms with Crippen LogP contribution in [-0.2, 0) is 19.6 Å². The van der Waals surface area contributed by atoms with Crippen LogP contribution in [0.2, 0.25) is 0 Å². The Morgan fingerprint density at radius 3 is 2.48 bits per heavy atom. The summed E-state index contributed by atoms with van der Waals surface area (Å²) in [5.74, 6) is 0.809. The lowest BCUT2D eigenvalue weighted by Gasteiger charge is -2.10. The van der Waals surface area contributed by atoms with Crippen molar-refractivity contribution in [1.29, 1.82) is 0 Å². The van der Waals surface area contributed by atoms with Crippen LogP contribution in [-0.4, -0.2) is 14.9 Å². The molecule has 4 heteroatoms. The predicted molar refractivity (Wildman–Crippen MR) is 83.3 cm³/mol. The van der Waals surface area contributed by atoms with E-state index in [-0.39, 0.29) is 0 Å². The van der Waals surface area contributed by atoms with Gasteiger partial charge in [-0.15, -0.1) is 0 Å². The number of hydrogen-bond acceptors (Lipinski definition) is 3. The lowest BCUT2D eigenvalue weighted by Crippen LogP contribution is -2.06. The van der Waals surface area contributed by atoms with Gasteiger partial charge in [-0.2, -0.15) is 5.10 Å². The average Bonchev–Trinajstić information content (AvgIpc) is 2.95. The minimum absolute atomic E-state index is 0.396. The van der Waals surface area contributed by atoms with E-state index in [0.717, 1.165) is 42.1 Å². The molecule has 1 N–H and O–H groups in total. The third-order valence-electron chi connectivity index (χ3n) is 3.61. The second-order valence-corrected chi connectivity index (χ2v) is 5.08. The van der Waals surface area contributed by atoms with Gasteiger partial charge in [-0.25, -0.2) is 0 Å². The van der Waals surface area contributed by atoms with Crippen LogP contribution < -0.4 is 4.74 Å². The van der Waals surface area contributed by atoms with Crippen molar-refractivity contribution in [3.05, 3.63) is 47.3 Å². The molecule has 0 saturated carbocycles. The molecule has 0 radical (unpaired) electrons. The molecule has 21 heavy (non-hydrogen) atoms. The van der Waals surface area contributed by atoms with Crippen molar-refractivity contribution in [2.75, 3.05) is 0 Å². The van der Waals surface area contributed by atoms with Gasteiger partial charge in [0.15, 0.2) is 0 Å². The van der Waals surface area contributed by atoms with Crippen molar-refractivity contribution in [2.45, 2.75) is 52.9 Å². The summed E-state index contributed by atoms with van der Waals surface area (Å²) in [7, 11) is 0. The Kier molecular flexibility index (Phi) is 5.39. The maximum atomic E-state index is 9.77. The Balaban J connectivity index is 2.01. The van der Waals surface area contributed by atoms with Gasteiger partial charge in [0.25, 0.3) is 0 Å². The summed E-state index contributed by atoms with van der Waals surface area (Å²) < 4.78 is 7.80. The van der Waals surface area contributed by atoms with E-state index in [0.29, 0.717) is 6.61 Å². The molecule has 0 aliphatic rings. The number of hydrogen-bond donors (Lipinski definition) is 1. The Morgan fingerprint density at radius 2 is 1.90 bits per heavy atom. The minimum atomic E-state index is -0.396. The highest BCUT2D eigenvalue weighted by molar-refractivity contribution is 5.28. The minimum Gasteiger partial charge on any atom is -0.487 e. The van der Waals surface area contributed by atoms with Crippen LogP contribution >= 0.6 is 0 Å². The fraction of sp³-hybridized carbons (Fsp3) is 0.471. The number of benzene rings is 1. The molecule has 4 nitrogen and oxygen atoms in total. The molecule has 2 aromatic rings. The molecule has 0 saturated heterocycles. The summed E-state index contributed by atoms with van der Waals surface area (Å²) in [4.78, 5) is 0. The zero-order valence-electron chi connectivity index (χ0n) is 13.0. The van der Waals surface area contributed by atoms with Crippen molar-refractivity contribution >= 4 is 0 Å². The van der Waals surface area contributed by atoms with Crippen LogP contribution in [0.1, 0.15) is 50.2 Å². The molecule has 0 amide bonds. The van der Waals surface area contributed by atoms with Gasteiger partial charge in [-0.3, -0.25) is 4.68 Å². The lowest BCUT2D eigenvalue weighted by atomic mass is 10.1. The van der Waals surface area contributed by atoms with E-state index in [9.17, 15) is 5.11 Å². The quantitative estimate of drug-likeness (QED) is 0.848.